The number of hydrogen-bond acceptors (Lipinski definition) is 3. The average Bonchev–Trinajstić information content (AvgIpc) is 2.69. The fraction of sp³-hybridized carbons (Fsp3) is 0.650. The van der Waals surface area contributed by atoms with Gasteiger partial charge in [-0.15, -0.1) is 24.0 Å². The highest BCUT2D eigenvalue weighted by molar-refractivity contribution is 14.0. The standard InChI is InChI=1S/C20H32ClN3O2S.HI/c1-3-22-20(24-18-6-5-7-19(14-18)27(25)4-2)23-12-13-26-15-16-8-10-17(21)11-9-16;/h8-11,18-19H,3-7,12-15H2,1-2H3,(H2,22,23,24);1H. The quantitative estimate of drug-likeness (QED) is 0.214. The Morgan fingerprint density at radius 1 is 1.29 bits per heavy atom. The van der Waals surface area contributed by atoms with Crippen LogP contribution in [-0.2, 0) is 22.1 Å². The van der Waals surface area contributed by atoms with Crippen molar-refractivity contribution >= 4 is 52.3 Å². The van der Waals surface area contributed by atoms with Gasteiger partial charge in [0.05, 0.1) is 19.8 Å². The number of aliphatic imine (C=N–C) groups is 1. The van der Waals surface area contributed by atoms with Crippen LogP contribution in [0.1, 0.15) is 45.1 Å². The maximum Gasteiger partial charge on any atom is 0.191 e. The van der Waals surface area contributed by atoms with Crippen molar-refractivity contribution in [3.05, 3.63) is 34.9 Å². The summed E-state index contributed by atoms with van der Waals surface area (Å²) in [5.41, 5.74) is 1.10. The summed E-state index contributed by atoms with van der Waals surface area (Å²) in [5, 5.41) is 7.86. The molecule has 3 atom stereocenters. The molecule has 0 aliphatic heterocycles. The summed E-state index contributed by atoms with van der Waals surface area (Å²) >= 11 is 5.89. The zero-order chi connectivity index (χ0) is 19.5. The minimum atomic E-state index is -0.709. The lowest BCUT2D eigenvalue weighted by molar-refractivity contribution is 0.128. The van der Waals surface area contributed by atoms with Crippen molar-refractivity contribution in [3.63, 3.8) is 0 Å². The molecule has 8 heteroatoms. The number of rotatable bonds is 9. The van der Waals surface area contributed by atoms with Crippen molar-refractivity contribution in [2.24, 2.45) is 4.99 Å². The predicted octanol–water partition coefficient (Wildman–Crippen LogP) is 4.11. The minimum Gasteiger partial charge on any atom is -0.375 e. The van der Waals surface area contributed by atoms with Crippen LogP contribution in [0.25, 0.3) is 0 Å². The topological polar surface area (TPSA) is 62.7 Å². The average molecular weight is 542 g/mol. The molecule has 1 saturated carbocycles. The van der Waals surface area contributed by atoms with Crippen LogP contribution in [0.5, 0.6) is 0 Å². The van der Waals surface area contributed by atoms with Gasteiger partial charge < -0.3 is 15.4 Å². The smallest absolute Gasteiger partial charge is 0.191 e. The molecule has 0 saturated heterocycles. The number of benzene rings is 1. The van der Waals surface area contributed by atoms with E-state index in [1.807, 2.05) is 31.2 Å². The molecule has 1 aromatic carbocycles. The molecule has 0 heterocycles. The van der Waals surface area contributed by atoms with E-state index in [1.54, 1.807) is 0 Å². The zero-order valence-corrected chi connectivity index (χ0v) is 20.7. The lowest BCUT2D eigenvalue weighted by Crippen LogP contribution is -2.46. The van der Waals surface area contributed by atoms with E-state index in [9.17, 15) is 4.21 Å². The van der Waals surface area contributed by atoms with Gasteiger partial charge in [0.2, 0.25) is 0 Å². The Labute approximate surface area is 193 Å². The van der Waals surface area contributed by atoms with Gasteiger partial charge in [-0.25, -0.2) is 0 Å². The Kier molecular flexibility index (Phi) is 13.4. The first-order chi connectivity index (χ1) is 13.1. The van der Waals surface area contributed by atoms with Gasteiger partial charge in [0.1, 0.15) is 0 Å². The molecule has 1 aliphatic carbocycles. The van der Waals surface area contributed by atoms with Gasteiger partial charge in [0.15, 0.2) is 5.96 Å². The van der Waals surface area contributed by atoms with E-state index >= 15 is 0 Å². The second kappa shape index (κ2) is 14.6. The van der Waals surface area contributed by atoms with Gasteiger partial charge in [-0.05, 0) is 43.9 Å². The van der Waals surface area contributed by atoms with E-state index in [1.165, 1.54) is 0 Å². The summed E-state index contributed by atoms with van der Waals surface area (Å²) in [7, 11) is -0.709. The molecule has 1 aromatic rings. The number of nitrogens with one attached hydrogen (secondary N) is 2. The van der Waals surface area contributed by atoms with E-state index in [2.05, 4.69) is 22.5 Å². The molecule has 28 heavy (non-hydrogen) atoms. The van der Waals surface area contributed by atoms with Gasteiger partial charge in [0.25, 0.3) is 0 Å². The van der Waals surface area contributed by atoms with Gasteiger partial charge in [-0.3, -0.25) is 9.20 Å². The van der Waals surface area contributed by atoms with Crippen molar-refractivity contribution in [1.29, 1.82) is 0 Å². The number of guanidine groups is 1. The maximum atomic E-state index is 12.1. The molecular weight excluding hydrogens is 509 g/mol. The summed E-state index contributed by atoms with van der Waals surface area (Å²) in [6, 6.07) is 8.02. The highest BCUT2D eigenvalue weighted by Gasteiger charge is 2.25. The predicted molar refractivity (Wildman–Crippen MR) is 130 cm³/mol. The number of hydrogen-bond donors (Lipinski definition) is 2. The highest BCUT2D eigenvalue weighted by Crippen LogP contribution is 2.23. The van der Waals surface area contributed by atoms with Crippen molar-refractivity contribution in [1.82, 2.24) is 10.6 Å². The Bertz CT molecular complexity index is 616. The summed E-state index contributed by atoms with van der Waals surface area (Å²) < 4.78 is 17.8. The van der Waals surface area contributed by atoms with Crippen LogP contribution in [-0.4, -0.2) is 46.9 Å². The summed E-state index contributed by atoms with van der Waals surface area (Å²) in [6.45, 7) is 6.59. The van der Waals surface area contributed by atoms with Gasteiger partial charge >= 0.3 is 0 Å². The normalized spacial score (nSPS) is 20.9. The number of halogens is 2. The van der Waals surface area contributed by atoms with Crippen LogP contribution < -0.4 is 10.6 Å². The van der Waals surface area contributed by atoms with Crippen LogP contribution in [0.4, 0.5) is 0 Å². The Hall–Kier alpha value is -0.380. The summed E-state index contributed by atoms with van der Waals surface area (Å²) in [5.74, 6) is 1.57. The van der Waals surface area contributed by atoms with Crippen molar-refractivity contribution < 1.29 is 8.95 Å². The first-order valence-corrected chi connectivity index (χ1v) is 11.6. The summed E-state index contributed by atoms with van der Waals surface area (Å²) in [6.07, 6.45) is 4.26. The molecule has 1 aliphatic rings. The molecular formula is C20H33ClIN3O2S. The molecule has 0 amide bonds. The number of nitrogens with zero attached hydrogens (tertiary/aromatic N) is 1. The molecule has 5 nitrogen and oxygen atoms in total. The third kappa shape index (κ3) is 9.41. The molecule has 3 unspecified atom stereocenters. The van der Waals surface area contributed by atoms with Crippen LogP contribution in [0.15, 0.2) is 29.3 Å². The monoisotopic (exact) mass is 541 g/mol. The van der Waals surface area contributed by atoms with Crippen LogP contribution in [0.3, 0.4) is 0 Å². The molecule has 160 valence electrons. The first kappa shape index (κ1) is 25.7. The first-order valence-electron chi connectivity index (χ1n) is 9.86. The molecule has 2 rings (SSSR count). The van der Waals surface area contributed by atoms with Gasteiger partial charge in [-0.1, -0.05) is 37.1 Å². The molecule has 0 radical (unpaired) electrons. The minimum absolute atomic E-state index is 0. The Morgan fingerprint density at radius 3 is 2.71 bits per heavy atom. The van der Waals surface area contributed by atoms with E-state index in [4.69, 9.17) is 16.3 Å². The van der Waals surface area contributed by atoms with Crippen molar-refractivity contribution in [2.45, 2.75) is 57.4 Å². The van der Waals surface area contributed by atoms with E-state index < -0.39 is 10.8 Å². The van der Waals surface area contributed by atoms with Crippen molar-refractivity contribution in [3.8, 4) is 0 Å². The van der Waals surface area contributed by atoms with Crippen molar-refractivity contribution in [2.75, 3.05) is 25.4 Å². The van der Waals surface area contributed by atoms with Crippen LogP contribution in [0.2, 0.25) is 5.02 Å². The zero-order valence-electron chi connectivity index (χ0n) is 16.8. The third-order valence-electron chi connectivity index (χ3n) is 4.65. The molecule has 0 bridgehead atoms. The van der Waals surface area contributed by atoms with Crippen LogP contribution in [0, 0.1) is 0 Å². The highest BCUT2D eigenvalue weighted by atomic mass is 127. The Balaban J connectivity index is 0.00000392. The second-order valence-electron chi connectivity index (χ2n) is 6.74. The number of ether oxygens (including phenoxy) is 1. The largest absolute Gasteiger partial charge is 0.375 e. The third-order valence-corrected chi connectivity index (χ3v) is 6.65. The molecule has 1 fully saturated rings. The second-order valence-corrected chi connectivity index (χ2v) is 9.18. The van der Waals surface area contributed by atoms with Gasteiger partial charge in [-0.2, -0.15) is 0 Å². The lowest BCUT2D eigenvalue weighted by Gasteiger charge is -2.30. The SMILES string of the molecule is CCNC(=NCCOCc1ccc(Cl)cc1)NC1CCCC(S(=O)CC)C1.I. The summed E-state index contributed by atoms with van der Waals surface area (Å²) in [4.78, 5) is 4.62. The molecule has 0 aromatic heterocycles. The van der Waals surface area contributed by atoms with E-state index in [0.29, 0.717) is 31.1 Å². The Morgan fingerprint density at radius 2 is 2.04 bits per heavy atom. The van der Waals surface area contributed by atoms with Crippen LogP contribution >= 0.6 is 35.6 Å². The van der Waals surface area contributed by atoms with E-state index in [0.717, 1.165) is 54.5 Å². The molecule has 2 N–H and O–H groups in total. The fourth-order valence-electron chi connectivity index (χ4n) is 3.26. The maximum absolute atomic E-state index is 12.1. The fourth-order valence-corrected chi connectivity index (χ4v) is 4.73. The van der Waals surface area contributed by atoms with E-state index in [-0.39, 0.29) is 24.0 Å². The molecule has 0 spiro atoms. The lowest BCUT2D eigenvalue weighted by atomic mass is 9.95. The van der Waals surface area contributed by atoms with Gasteiger partial charge in [0, 0.05) is 39.4 Å².